The van der Waals surface area contributed by atoms with Gasteiger partial charge in [-0.15, -0.1) is 0 Å². The molecule has 3 rings (SSSR count). The Labute approximate surface area is 134 Å². The number of nitrogens with one attached hydrogen (secondary N) is 2. The molecule has 2 amide bonds. The van der Waals surface area contributed by atoms with Gasteiger partial charge in [-0.1, -0.05) is 18.2 Å². The van der Waals surface area contributed by atoms with Gasteiger partial charge in [-0.05, 0) is 42.3 Å². The zero-order valence-corrected chi connectivity index (χ0v) is 12.9. The van der Waals surface area contributed by atoms with Crippen molar-refractivity contribution in [2.24, 2.45) is 7.05 Å². The lowest BCUT2D eigenvalue weighted by molar-refractivity contribution is 0.252. The number of phenols is 1. The van der Waals surface area contributed by atoms with Gasteiger partial charge in [-0.25, -0.2) is 4.79 Å². The smallest absolute Gasteiger partial charge is 0.319 e. The number of fused-ring (bicyclic) bond motifs is 1. The van der Waals surface area contributed by atoms with Crippen molar-refractivity contribution < 1.29 is 9.90 Å². The normalized spacial score (nSPS) is 10.7. The summed E-state index contributed by atoms with van der Waals surface area (Å²) in [5, 5.41) is 16.0. The van der Waals surface area contributed by atoms with E-state index in [4.69, 9.17) is 0 Å². The highest BCUT2D eigenvalue weighted by atomic mass is 16.3. The molecule has 0 saturated heterocycles. The summed E-state index contributed by atoms with van der Waals surface area (Å²) in [5.41, 5.74) is 2.94. The number of rotatable bonds is 4. The summed E-state index contributed by atoms with van der Waals surface area (Å²) in [7, 11) is 1.98. The molecule has 0 aliphatic carbocycles. The molecule has 0 bridgehead atoms. The molecule has 1 aromatic heterocycles. The summed E-state index contributed by atoms with van der Waals surface area (Å²) in [5.74, 6) is 0.246. The minimum Gasteiger partial charge on any atom is -0.508 e. The highest BCUT2D eigenvalue weighted by Gasteiger charge is 2.07. The Morgan fingerprint density at radius 2 is 1.91 bits per heavy atom. The number of benzene rings is 2. The van der Waals surface area contributed by atoms with E-state index in [0.717, 1.165) is 22.2 Å². The summed E-state index contributed by atoms with van der Waals surface area (Å²) in [4.78, 5) is 12.0. The van der Waals surface area contributed by atoms with Crippen molar-refractivity contribution in [2.75, 3.05) is 11.9 Å². The number of aryl methyl sites for hydroxylation is 1. The number of hydrogen-bond acceptors (Lipinski definition) is 2. The topological polar surface area (TPSA) is 66.3 Å². The van der Waals surface area contributed by atoms with E-state index >= 15 is 0 Å². The number of carbonyl (C=O) groups is 1. The molecule has 2 aromatic carbocycles. The number of aromatic hydroxyl groups is 1. The molecule has 23 heavy (non-hydrogen) atoms. The van der Waals surface area contributed by atoms with Crippen LogP contribution in [0.2, 0.25) is 0 Å². The molecule has 0 unspecified atom stereocenters. The number of hydrogen-bond donors (Lipinski definition) is 3. The van der Waals surface area contributed by atoms with E-state index in [1.807, 2.05) is 54.2 Å². The fourth-order valence-corrected chi connectivity index (χ4v) is 2.56. The van der Waals surface area contributed by atoms with Crippen LogP contribution >= 0.6 is 0 Å². The number of phenolic OH excluding ortho intramolecular Hbond substituents is 1. The van der Waals surface area contributed by atoms with Crippen LogP contribution < -0.4 is 10.6 Å². The summed E-state index contributed by atoms with van der Waals surface area (Å²) in [6, 6.07) is 14.6. The minimum absolute atomic E-state index is 0.222. The first kappa shape index (κ1) is 15.0. The molecule has 0 saturated carbocycles. The molecule has 3 aromatic rings. The first-order valence-electron chi connectivity index (χ1n) is 7.50. The molecule has 5 nitrogen and oxygen atoms in total. The second-order valence-electron chi connectivity index (χ2n) is 5.46. The lowest BCUT2D eigenvalue weighted by Gasteiger charge is -2.09. The Balaban J connectivity index is 1.57. The van der Waals surface area contributed by atoms with E-state index in [0.29, 0.717) is 13.0 Å². The van der Waals surface area contributed by atoms with Crippen LogP contribution in [0.5, 0.6) is 5.75 Å². The third-order valence-electron chi connectivity index (χ3n) is 3.81. The van der Waals surface area contributed by atoms with Gasteiger partial charge in [-0.3, -0.25) is 0 Å². The Morgan fingerprint density at radius 1 is 1.13 bits per heavy atom. The van der Waals surface area contributed by atoms with Crippen LogP contribution in [0.15, 0.2) is 54.7 Å². The zero-order chi connectivity index (χ0) is 16.2. The maximum atomic E-state index is 12.0. The second kappa shape index (κ2) is 6.44. The molecule has 0 fully saturated rings. The predicted octanol–water partition coefficient (Wildman–Crippen LogP) is 3.25. The van der Waals surface area contributed by atoms with Gasteiger partial charge >= 0.3 is 6.03 Å². The molecular formula is C18H19N3O2. The molecule has 0 aliphatic heterocycles. The molecule has 5 heteroatoms. The third-order valence-corrected chi connectivity index (χ3v) is 3.81. The SMILES string of the molecule is Cn1ccc2c(NC(=O)NCCc3ccc(O)cc3)cccc21. The number of nitrogens with zero attached hydrogens (tertiary/aromatic N) is 1. The van der Waals surface area contributed by atoms with Crippen molar-refractivity contribution >= 4 is 22.6 Å². The van der Waals surface area contributed by atoms with Crippen LogP contribution in [-0.4, -0.2) is 22.2 Å². The van der Waals surface area contributed by atoms with Gasteiger partial charge in [0.05, 0.1) is 5.69 Å². The van der Waals surface area contributed by atoms with E-state index < -0.39 is 0 Å². The van der Waals surface area contributed by atoms with Gasteiger partial charge in [-0.2, -0.15) is 0 Å². The Bertz CT molecular complexity index is 822. The van der Waals surface area contributed by atoms with Gasteiger partial charge in [0.1, 0.15) is 5.75 Å². The van der Waals surface area contributed by atoms with Gasteiger partial charge in [0.25, 0.3) is 0 Å². The summed E-state index contributed by atoms with van der Waals surface area (Å²) in [6.07, 6.45) is 2.68. The Morgan fingerprint density at radius 3 is 2.70 bits per heavy atom. The maximum absolute atomic E-state index is 12.0. The van der Waals surface area contributed by atoms with E-state index in [2.05, 4.69) is 10.6 Å². The summed E-state index contributed by atoms with van der Waals surface area (Å²) >= 11 is 0. The highest BCUT2D eigenvalue weighted by Crippen LogP contribution is 2.23. The fraction of sp³-hybridized carbons (Fsp3) is 0.167. The van der Waals surface area contributed by atoms with Crippen LogP contribution in [0.1, 0.15) is 5.56 Å². The van der Waals surface area contributed by atoms with E-state index in [1.54, 1.807) is 12.1 Å². The number of urea groups is 1. The molecule has 3 N–H and O–H groups in total. The van der Waals surface area contributed by atoms with Gasteiger partial charge in [0, 0.05) is 30.7 Å². The van der Waals surface area contributed by atoms with Crippen molar-refractivity contribution in [3.05, 3.63) is 60.3 Å². The number of amides is 2. The van der Waals surface area contributed by atoms with Crippen molar-refractivity contribution in [3.63, 3.8) is 0 Å². The fourth-order valence-electron chi connectivity index (χ4n) is 2.56. The Kier molecular flexibility index (Phi) is 4.19. The van der Waals surface area contributed by atoms with Gasteiger partial charge < -0.3 is 20.3 Å². The van der Waals surface area contributed by atoms with E-state index in [-0.39, 0.29) is 11.8 Å². The highest BCUT2D eigenvalue weighted by molar-refractivity contribution is 6.00. The van der Waals surface area contributed by atoms with Crippen LogP contribution in [0.3, 0.4) is 0 Å². The van der Waals surface area contributed by atoms with Gasteiger partial charge in [0.2, 0.25) is 0 Å². The lowest BCUT2D eigenvalue weighted by atomic mass is 10.1. The molecule has 0 atom stereocenters. The monoisotopic (exact) mass is 309 g/mol. The molecule has 0 spiro atoms. The molecule has 0 radical (unpaired) electrons. The van der Waals surface area contributed by atoms with E-state index in [1.165, 1.54) is 0 Å². The minimum atomic E-state index is -0.222. The predicted molar refractivity (Wildman–Crippen MR) is 91.8 cm³/mol. The van der Waals surface area contributed by atoms with E-state index in [9.17, 15) is 9.90 Å². The number of aromatic nitrogens is 1. The van der Waals surface area contributed by atoms with Crippen molar-refractivity contribution in [1.82, 2.24) is 9.88 Å². The average Bonchev–Trinajstić information content (AvgIpc) is 2.92. The molecule has 1 heterocycles. The van der Waals surface area contributed by atoms with Crippen LogP contribution in [-0.2, 0) is 13.5 Å². The first-order chi connectivity index (χ1) is 11.1. The maximum Gasteiger partial charge on any atom is 0.319 e. The largest absolute Gasteiger partial charge is 0.508 e. The third kappa shape index (κ3) is 3.45. The van der Waals surface area contributed by atoms with Gasteiger partial charge in [0.15, 0.2) is 0 Å². The van der Waals surface area contributed by atoms with Crippen molar-refractivity contribution in [1.29, 1.82) is 0 Å². The Hall–Kier alpha value is -2.95. The molecule has 0 aliphatic rings. The molecule has 118 valence electrons. The van der Waals surface area contributed by atoms with Crippen LogP contribution in [0, 0.1) is 0 Å². The second-order valence-corrected chi connectivity index (χ2v) is 5.46. The van der Waals surface area contributed by atoms with Crippen molar-refractivity contribution in [3.8, 4) is 5.75 Å². The summed E-state index contributed by atoms with van der Waals surface area (Å²) < 4.78 is 2.02. The zero-order valence-electron chi connectivity index (χ0n) is 12.9. The number of carbonyl (C=O) groups excluding carboxylic acids is 1. The average molecular weight is 309 g/mol. The lowest BCUT2D eigenvalue weighted by Crippen LogP contribution is -2.30. The van der Waals surface area contributed by atoms with Crippen LogP contribution in [0.4, 0.5) is 10.5 Å². The number of anilines is 1. The summed E-state index contributed by atoms with van der Waals surface area (Å²) in [6.45, 7) is 0.529. The van der Waals surface area contributed by atoms with Crippen LogP contribution in [0.25, 0.3) is 10.9 Å². The molecular weight excluding hydrogens is 290 g/mol. The standard InChI is InChI=1S/C18H19N3O2/c1-21-12-10-15-16(3-2-4-17(15)21)20-18(23)19-11-9-13-5-7-14(22)8-6-13/h2-8,10,12,22H,9,11H2,1H3,(H2,19,20,23). The first-order valence-corrected chi connectivity index (χ1v) is 7.50. The van der Waals surface area contributed by atoms with Crippen molar-refractivity contribution in [2.45, 2.75) is 6.42 Å². The quantitative estimate of drug-likeness (QED) is 0.692.